The molecule has 0 saturated carbocycles. The number of aldehydes is 1. The minimum absolute atomic E-state index is 0.0636. The first-order chi connectivity index (χ1) is 11.6. The number of likely N-dealkylation sites (tertiary alicyclic amines) is 1. The zero-order valence-electron chi connectivity index (χ0n) is 13.2. The summed E-state index contributed by atoms with van der Waals surface area (Å²) in [6, 6.07) is 5.60. The summed E-state index contributed by atoms with van der Waals surface area (Å²) in [7, 11) is 1.88. The van der Waals surface area contributed by atoms with Gasteiger partial charge in [0.1, 0.15) is 12.1 Å². The van der Waals surface area contributed by atoms with E-state index in [0.717, 1.165) is 12.5 Å². The van der Waals surface area contributed by atoms with Crippen LogP contribution in [0.1, 0.15) is 27.1 Å². The molecule has 0 radical (unpaired) electrons. The van der Waals surface area contributed by atoms with Gasteiger partial charge in [-0.05, 0) is 30.7 Å². The number of hydrogen-bond acceptors (Lipinski definition) is 5. The summed E-state index contributed by atoms with van der Waals surface area (Å²) in [5.41, 5.74) is 0.212. The van der Waals surface area contributed by atoms with Gasteiger partial charge in [0.15, 0.2) is 0 Å². The number of anilines is 1. The van der Waals surface area contributed by atoms with Gasteiger partial charge in [-0.2, -0.15) is 0 Å². The zero-order valence-corrected chi connectivity index (χ0v) is 13.2. The van der Waals surface area contributed by atoms with E-state index in [1.165, 1.54) is 12.1 Å². The summed E-state index contributed by atoms with van der Waals surface area (Å²) >= 11 is 0. The van der Waals surface area contributed by atoms with Crippen molar-refractivity contribution in [3.63, 3.8) is 0 Å². The van der Waals surface area contributed by atoms with Gasteiger partial charge in [0.25, 0.3) is 5.91 Å². The van der Waals surface area contributed by atoms with E-state index in [4.69, 9.17) is 0 Å². The quantitative estimate of drug-likeness (QED) is 0.801. The highest BCUT2D eigenvalue weighted by atomic mass is 19.1. The number of halogens is 1. The molecule has 1 atom stereocenters. The smallest absolute Gasteiger partial charge is 0.256 e. The van der Waals surface area contributed by atoms with Crippen molar-refractivity contribution in [3.8, 4) is 0 Å². The van der Waals surface area contributed by atoms with E-state index in [9.17, 15) is 14.0 Å². The van der Waals surface area contributed by atoms with E-state index in [0.29, 0.717) is 25.3 Å². The predicted octanol–water partition coefficient (Wildman–Crippen LogP) is 1.78. The molecule has 124 valence electrons. The number of carbonyl (C=O) groups is 2. The van der Waals surface area contributed by atoms with Crippen LogP contribution in [0, 0.1) is 5.82 Å². The van der Waals surface area contributed by atoms with Gasteiger partial charge in [0.2, 0.25) is 5.95 Å². The van der Waals surface area contributed by atoms with Gasteiger partial charge in [0, 0.05) is 38.1 Å². The van der Waals surface area contributed by atoms with Crippen molar-refractivity contribution >= 4 is 18.1 Å². The van der Waals surface area contributed by atoms with E-state index in [1.807, 2.05) is 11.9 Å². The number of nitrogens with zero attached hydrogens (tertiary/aromatic N) is 4. The number of hydrogen-bond donors (Lipinski definition) is 0. The topological polar surface area (TPSA) is 66.4 Å². The lowest BCUT2D eigenvalue weighted by Crippen LogP contribution is -2.37. The molecule has 24 heavy (non-hydrogen) atoms. The lowest BCUT2D eigenvalue weighted by Gasteiger charge is -2.24. The average molecular weight is 328 g/mol. The maximum Gasteiger partial charge on any atom is 0.256 e. The highest BCUT2D eigenvalue weighted by molar-refractivity contribution is 5.96. The van der Waals surface area contributed by atoms with Crippen LogP contribution in [0.5, 0.6) is 0 Å². The van der Waals surface area contributed by atoms with E-state index in [2.05, 4.69) is 9.97 Å². The molecule has 6 nitrogen and oxygen atoms in total. The first kappa shape index (κ1) is 16.0. The summed E-state index contributed by atoms with van der Waals surface area (Å²) in [6.45, 7) is 0.976. The van der Waals surface area contributed by atoms with Gasteiger partial charge >= 0.3 is 0 Å². The zero-order chi connectivity index (χ0) is 17.1. The Hall–Kier alpha value is -2.83. The first-order valence-electron chi connectivity index (χ1n) is 7.64. The second-order valence-electron chi connectivity index (χ2n) is 5.71. The number of aromatic nitrogens is 2. The first-order valence-corrected chi connectivity index (χ1v) is 7.64. The predicted molar refractivity (Wildman–Crippen MR) is 86.5 cm³/mol. The molecular weight excluding hydrogens is 311 g/mol. The Kier molecular flexibility index (Phi) is 4.50. The molecule has 1 aliphatic heterocycles. The molecule has 0 spiro atoms. The van der Waals surface area contributed by atoms with Crippen molar-refractivity contribution in [1.82, 2.24) is 14.9 Å². The van der Waals surface area contributed by atoms with Crippen LogP contribution in [0.25, 0.3) is 0 Å². The molecule has 7 heteroatoms. The Bertz CT molecular complexity index is 754. The molecule has 2 heterocycles. The minimum Gasteiger partial charge on any atom is -0.339 e. The molecule has 0 aliphatic carbocycles. The summed E-state index contributed by atoms with van der Waals surface area (Å²) in [4.78, 5) is 35.3. The Morgan fingerprint density at radius 2 is 2.12 bits per heavy atom. The fraction of sp³-hybridized carbons (Fsp3) is 0.294. The highest BCUT2D eigenvalue weighted by Crippen LogP contribution is 2.21. The molecule has 0 bridgehead atoms. The summed E-state index contributed by atoms with van der Waals surface area (Å²) in [6.07, 6.45) is 4.67. The molecule has 1 aromatic carbocycles. The Balaban J connectivity index is 1.74. The van der Waals surface area contributed by atoms with E-state index in [-0.39, 0.29) is 17.2 Å². The highest BCUT2D eigenvalue weighted by Gasteiger charge is 2.31. The van der Waals surface area contributed by atoms with Crippen LogP contribution in [0.2, 0.25) is 0 Å². The summed E-state index contributed by atoms with van der Waals surface area (Å²) in [5, 5.41) is 0. The van der Waals surface area contributed by atoms with Gasteiger partial charge in [-0.3, -0.25) is 9.59 Å². The van der Waals surface area contributed by atoms with Crippen molar-refractivity contribution in [2.24, 2.45) is 0 Å². The van der Waals surface area contributed by atoms with Crippen LogP contribution in [0.3, 0.4) is 0 Å². The monoisotopic (exact) mass is 328 g/mol. The number of amides is 1. The fourth-order valence-electron chi connectivity index (χ4n) is 2.83. The molecule has 3 rings (SSSR count). The summed E-state index contributed by atoms with van der Waals surface area (Å²) in [5.74, 6) is -0.430. The normalized spacial score (nSPS) is 16.9. The fourth-order valence-corrected chi connectivity index (χ4v) is 2.83. The molecule has 1 saturated heterocycles. The summed E-state index contributed by atoms with van der Waals surface area (Å²) < 4.78 is 13.9. The third kappa shape index (κ3) is 3.10. The Labute approximate surface area is 138 Å². The molecule has 1 fully saturated rings. The Morgan fingerprint density at radius 1 is 1.38 bits per heavy atom. The Morgan fingerprint density at radius 3 is 2.83 bits per heavy atom. The largest absolute Gasteiger partial charge is 0.339 e. The van der Waals surface area contributed by atoms with Crippen molar-refractivity contribution in [1.29, 1.82) is 0 Å². The maximum atomic E-state index is 13.9. The number of likely N-dealkylation sites (N-methyl/N-ethyl adjacent to an activating group) is 1. The van der Waals surface area contributed by atoms with E-state index < -0.39 is 11.7 Å². The van der Waals surface area contributed by atoms with Gasteiger partial charge in [0.05, 0.1) is 11.6 Å². The van der Waals surface area contributed by atoms with E-state index >= 15 is 0 Å². The third-order valence-corrected chi connectivity index (χ3v) is 4.22. The maximum absolute atomic E-state index is 13.9. The van der Waals surface area contributed by atoms with Gasteiger partial charge < -0.3 is 9.80 Å². The minimum atomic E-state index is -0.617. The molecule has 1 aromatic heterocycles. The molecule has 2 aromatic rings. The van der Waals surface area contributed by atoms with Gasteiger partial charge in [-0.15, -0.1) is 0 Å². The number of benzene rings is 1. The van der Waals surface area contributed by atoms with Crippen LogP contribution in [-0.4, -0.2) is 53.2 Å². The lowest BCUT2D eigenvalue weighted by molar-refractivity contribution is 0.0786. The standard InChI is InChI=1S/C17H17FN4O2/c1-21(17-19-6-2-7-20-17)13-5-8-22(10-13)16(24)14-9-12(11-23)3-4-15(14)18/h2-4,6-7,9,11,13H,5,8,10H2,1H3/t13-/m0/s1. The SMILES string of the molecule is CN(c1ncccn1)[C@H]1CCN(C(=O)c2cc(C=O)ccc2F)C1. The number of carbonyl (C=O) groups excluding carboxylic acids is 2. The van der Waals surface area contributed by atoms with Crippen LogP contribution < -0.4 is 4.90 Å². The van der Waals surface area contributed by atoms with Gasteiger partial charge in [-0.25, -0.2) is 14.4 Å². The second-order valence-corrected chi connectivity index (χ2v) is 5.71. The molecule has 1 aliphatic rings. The van der Waals surface area contributed by atoms with Crippen LogP contribution in [0.4, 0.5) is 10.3 Å². The van der Waals surface area contributed by atoms with Crippen molar-refractivity contribution in [2.75, 3.05) is 25.0 Å². The average Bonchev–Trinajstić information content (AvgIpc) is 3.12. The van der Waals surface area contributed by atoms with Crippen LogP contribution >= 0.6 is 0 Å². The molecule has 0 N–H and O–H groups in total. The molecule has 0 unspecified atom stereocenters. The van der Waals surface area contributed by atoms with Crippen molar-refractivity contribution in [3.05, 3.63) is 53.6 Å². The van der Waals surface area contributed by atoms with Crippen molar-refractivity contribution < 1.29 is 14.0 Å². The number of rotatable bonds is 4. The van der Waals surface area contributed by atoms with Crippen LogP contribution in [-0.2, 0) is 0 Å². The van der Waals surface area contributed by atoms with Gasteiger partial charge in [-0.1, -0.05) is 0 Å². The third-order valence-electron chi connectivity index (χ3n) is 4.22. The second kappa shape index (κ2) is 6.74. The lowest BCUT2D eigenvalue weighted by atomic mass is 10.1. The van der Waals surface area contributed by atoms with Crippen molar-refractivity contribution in [2.45, 2.75) is 12.5 Å². The van der Waals surface area contributed by atoms with E-state index in [1.54, 1.807) is 23.4 Å². The van der Waals surface area contributed by atoms with Crippen LogP contribution in [0.15, 0.2) is 36.7 Å². The molecule has 1 amide bonds. The molecular formula is C17H17FN4O2.